The van der Waals surface area contributed by atoms with Crippen LogP contribution in [-0.4, -0.2) is 23.8 Å². The number of imide groups is 1. The molecular weight excluding hydrogens is 258 g/mol. The molecule has 1 aliphatic heterocycles. The molecule has 1 atom stereocenters. The number of rotatable bonds is 3. The van der Waals surface area contributed by atoms with E-state index in [1.54, 1.807) is 6.07 Å². The van der Waals surface area contributed by atoms with Crippen LogP contribution in [0.2, 0.25) is 0 Å². The Morgan fingerprint density at radius 3 is 2.60 bits per heavy atom. The molecule has 106 valence electrons. The van der Waals surface area contributed by atoms with Crippen molar-refractivity contribution in [1.29, 1.82) is 0 Å². The molecule has 3 N–H and O–H groups in total. The van der Waals surface area contributed by atoms with E-state index in [1.165, 1.54) is 6.92 Å². The zero-order chi connectivity index (χ0) is 14.7. The van der Waals surface area contributed by atoms with Gasteiger partial charge in [0, 0.05) is 24.7 Å². The lowest BCUT2D eigenvalue weighted by Gasteiger charge is -2.23. The van der Waals surface area contributed by atoms with E-state index in [0.29, 0.717) is 18.5 Å². The number of carbonyl (C=O) groups is 3. The molecule has 3 amide bonds. The highest BCUT2D eigenvalue weighted by Gasteiger charge is 2.26. The SMILES string of the molecule is CC(=O)Nc1cc(C)cc(NC2CCC(=O)NC2=O)c1. The van der Waals surface area contributed by atoms with E-state index in [0.717, 1.165) is 11.3 Å². The third kappa shape index (κ3) is 3.57. The predicted molar refractivity (Wildman–Crippen MR) is 75.3 cm³/mol. The molecule has 1 heterocycles. The molecule has 0 saturated carbocycles. The van der Waals surface area contributed by atoms with Crippen LogP contribution in [0.4, 0.5) is 11.4 Å². The van der Waals surface area contributed by atoms with Crippen molar-refractivity contribution in [2.75, 3.05) is 10.6 Å². The van der Waals surface area contributed by atoms with Crippen molar-refractivity contribution < 1.29 is 14.4 Å². The van der Waals surface area contributed by atoms with Crippen molar-refractivity contribution in [1.82, 2.24) is 5.32 Å². The molecule has 0 bridgehead atoms. The van der Waals surface area contributed by atoms with Gasteiger partial charge < -0.3 is 10.6 Å². The van der Waals surface area contributed by atoms with Crippen LogP contribution in [0, 0.1) is 6.92 Å². The third-order valence-corrected chi connectivity index (χ3v) is 2.98. The van der Waals surface area contributed by atoms with Crippen LogP contribution in [0.1, 0.15) is 25.3 Å². The molecule has 1 saturated heterocycles. The quantitative estimate of drug-likeness (QED) is 0.723. The minimum Gasteiger partial charge on any atom is -0.374 e. The Hall–Kier alpha value is -2.37. The molecule has 1 unspecified atom stereocenters. The lowest BCUT2D eigenvalue weighted by atomic mass is 10.1. The Kier molecular flexibility index (Phi) is 4.02. The summed E-state index contributed by atoms with van der Waals surface area (Å²) < 4.78 is 0. The van der Waals surface area contributed by atoms with Crippen molar-refractivity contribution in [3.63, 3.8) is 0 Å². The lowest BCUT2D eigenvalue weighted by molar-refractivity contribution is -0.133. The summed E-state index contributed by atoms with van der Waals surface area (Å²) >= 11 is 0. The topological polar surface area (TPSA) is 87.3 Å². The van der Waals surface area contributed by atoms with Crippen molar-refractivity contribution in [2.45, 2.75) is 32.7 Å². The number of anilines is 2. The Balaban J connectivity index is 2.12. The van der Waals surface area contributed by atoms with Gasteiger partial charge in [0.2, 0.25) is 17.7 Å². The molecule has 0 aromatic heterocycles. The van der Waals surface area contributed by atoms with Crippen molar-refractivity contribution in [2.24, 2.45) is 0 Å². The first-order valence-electron chi connectivity index (χ1n) is 6.43. The Labute approximate surface area is 116 Å². The maximum atomic E-state index is 11.7. The van der Waals surface area contributed by atoms with Gasteiger partial charge in [0.25, 0.3) is 0 Å². The van der Waals surface area contributed by atoms with E-state index in [9.17, 15) is 14.4 Å². The number of piperidine rings is 1. The molecule has 1 aromatic rings. The summed E-state index contributed by atoms with van der Waals surface area (Å²) in [5, 5.41) is 8.10. The summed E-state index contributed by atoms with van der Waals surface area (Å²) in [6, 6.07) is 5.06. The monoisotopic (exact) mass is 275 g/mol. The molecule has 1 aliphatic rings. The highest BCUT2D eigenvalue weighted by atomic mass is 16.2. The molecule has 6 heteroatoms. The van der Waals surface area contributed by atoms with Crippen molar-refractivity contribution in [3.8, 4) is 0 Å². The number of hydrogen-bond donors (Lipinski definition) is 3. The second kappa shape index (κ2) is 5.73. The molecule has 0 radical (unpaired) electrons. The number of carbonyl (C=O) groups excluding carboxylic acids is 3. The molecule has 6 nitrogen and oxygen atoms in total. The molecule has 0 aliphatic carbocycles. The number of amides is 3. The highest BCUT2D eigenvalue weighted by molar-refractivity contribution is 6.01. The van der Waals surface area contributed by atoms with Gasteiger partial charge in [-0.3, -0.25) is 19.7 Å². The van der Waals surface area contributed by atoms with E-state index in [2.05, 4.69) is 16.0 Å². The average molecular weight is 275 g/mol. The van der Waals surface area contributed by atoms with Crippen LogP contribution in [0.25, 0.3) is 0 Å². The summed E-state index contributed by atoms with van der Waals surface area (Å²) in [5.41, 5.74) is 2.38. The van der Waals surface area contributed by atoms with Gasteiger partial charge in [-0.15, -0.1) is 0 Å². The van der Waals surface area contributed by atoms with Gasteiger partial charge in [-0.05, 0) is 37.1 Å². The number of hydrogen-bond acceptors (Lipinski definition) is 4. The lowest BCUT2D eigenvalue weighted by Crippen LogP contribution is -2.47. The van der Waals surface area contributed by atoms with E-state index in [-0.39, 0.29) is 17.7 Å². The first-order chi connectivity index (χ1) is 9.44. The normalized spacial score (nSPS) is 18.4. The largest absolute Gasteiger partial charge is 0.374 e. The summed E-state index contributed by atoms with van der Waals surface area (Å²) in [4.78, 5) is 33.9. The first-order valence-corrected chi connectivity index (χ1v) is 6.43. The molecule has 0 spiro atoms. The third-order valence-electron chi connectivity index (χ3n) is 2.98. The predicted octanol–water partition coefficient (Wildman–Crippen LogP) is 1.17. The van der Waals surface area contributed by atoms with Gasteiger partial charge in [0.1, 0.15) is 6.04 Å². The molecule has 1 fully saturated rings. The van der Waals surface area contributed by atoms with Gasteiger partial charge in [0.05, 0.1) is 0 Å². The number of benzene rings is 1. The average Bonchev–Trinajstić information content (AvgIpc) is 2.31. The van der Waals surface area contributed by atoms with Crippen LogP contribution in [-0.2, 0) is 14.4 Å². The first kappa shape index (κ1) is 14.0. The standard InChI is InChI=1S/C14H17N3O3/c1-8-5-10(15-9(2)18)7-11(6-8)16-12-3-4-13(19)17-14(12)20/h5-7,12,16H,3-4H2,1-2H3,(H,15,18)(H,17,19,20). The zero-order valence-corrected chi connectivity index (χ0v) is 11.4. The summed E-state index contributed by atoms with van der Waals surface area (Å²) in [6.07, 6.45) is 0.794. The fourth-order valence-electron chi connectivity index (χ4n) is 2.17. The van der Waals surface area contributed by atoms with E-state index in [4.69, 9.17) is 0 Å². The smallest absolute Gasteiger partial charge is 0.249 e. The van der Waals surface area contributed by atoms with Crippen LogP contribution in [0.3, 0.4) is 0 Å². The van der Waals surface area contributed by atoms with E-state index >= 15 is 0 Å². The van der Waals surface area contributed by atoms with Crippen LogP contribution < -0.4 is 16.0 Å². The molecule has 1 aromatic carbocycles. The van der Waals surface area contributed by atoms with Gasteiger partial charge in [-0.2, -0.15) is 0 Å². The van der Waals surface area contributed by atoms with Crippen LogP contribution >= 0.6 is 0 Å². The molecular formula is C14H17N3O3. The van der Waals surface area contributed by atoms with Crippen LogP contribution in [0.15, 0.2) is 18.2 Å². The zero-order valence-electron chi connectivity index (χ0n) is 11.4. The summed E-state index contributed by atoms with van der Waals surface area (Å²) in [7, 11) is 0. The van der Waals surface area contributed by atoms with Gasteiger partial charge in [-0.25, -0.2) is 0 Å². The fraction of sp³-hybridized carbons (Fsp3) is 0.357. The minimum absolute atomic E-state index is 0.150. The number of aryl methyl sites for hydroxylation is 1. The Morgan fingerprint density at radius 2 is 1.95 bits per heavy atom. The maximum absolute atomic E-state index is 11.7. The highest BCUT2D eigenvalue weighted by Crippen LogP contribution is 2.21. The molecule has 20 heavy (non-hydrogen) atoms. The minimum atomic E-state index is -0.431. The molecule has 2 rings (SSSR count). The van der Waals surface area contributed by atoms with Gasteiger partial charge in [-0.1, -0.05) is 0 Å². The van der Waals surface area contributed by atoms with Crippen LogP contribution in [0.5, 0.6) is 0 Å². The van der Waals surface area contributed by atoms with Gasteiger partial charge in [0.15, 0.2) is 0 Å². The summed E-state index contributed by atoms with van der Waals surface area (Å²) in [6.45, 7) is 3.34. The van der Waals surface area contributed by atoms with E-state index < -0.39 is 6.04 Å². The van der Waals surface area contributed by atoms with E-state index in [1.807, 2.05) is 19.1 Å². The van der Waals surface area contributed by atoms with Gasteiger partial charge >= 0.3 is 0 Å². The van der Waals surface area contributed by atoms with Crippen molar-refractivity contribution in [3.05, 3.63) is 23.8 Å². The number of nitrogens with one attached hydrogen (secondary N) is 3. The van der Waals surface area contributed by atoms with Crippen molar-refractivity contribution >= 4 is 29.1 Å². The fourth-order valence-corrected chi connectivity index (χ4v) is 2.17. The second-order valence-corrected chi connectivity index (χ2v) is 4.92. The summed E-state index contributed by atoms with van der Waals surface area (Å²) in [5.74, 6) is -0.706. The Bertz CT molecular complexity index is 569. The second-order valence-electron chi connectivity index (χ2n) is 4.92. The maximum Gasteiger partial charge on any atom is 0.249 e. The Morgan fingerprint density at radius 1 is 1.25 bits per heavy atom.